The number of hydrogen-bond acceptors (Lipinski definition) is 3. The van der Waals surface area contributed by atoms with E-state index in [2.05, 4.69) is 13.8 Å². The number of piperidine rings is 1. The molecular formula is C13H24N2O2. The number of likely N-dealkylation sites (tertiary alicyclic amines) is 1. The molecule has 4 heteroatoms. The Bertz CT molecular complexity index is 281. The van der Waals surface area contributed by atoms with Gasteiger partial charge in [-0.3, -0.25) is 4.79 Å². The molecule has 2 N–H and O–H groups in total. The van der Waals surface area contributed by atoms with E-state index in [0.29, 0.717) is 12.0 Å². The van der Waals surface area contributed by atoms with Gasteiger partial charge in [0.05, 0.1) is 6.10 Å². The maximum atomic E-state index is 12.2. The van der Waals surface area contributed by atoms with E-state index in [-0.39, 0.29) is 18.1 Å². The van der Waals surface area contributed by atoms with Gasteiger partial charge < -0.3 is 15.4 Å². The fourth-order valence-electron chi connectivity index (χ4n) is 2.60. The van der Waals surface area contributed by atoms with Gasteiger partial charge in [-0.1, -0.05) is 13.8 Å². The van der Waals surface area contributed by atoms with E-state index in [9.17, 15) is 4.79 Å². The van der Waals surface area contributed by atoms with Crippen LogP contribution in [0.15, 0.2) is 0 Å². The molecule has 2 fully saturated rings. The van der Waals surface area contributed by atoms with Gasteiger partial charge >= 0.3 is 0 Å². The van der Waals surface area contributed by atoms with Crippen molar-refractivity contribution in [2.75, 3.05) is 19.6 Å². The first kappa shape index (κ1) is 12.8. The molecule has 2 aliphatic rings. The van der Waals surface area contributed by atoms with Gasteiger partial charge in [0.15, 0.2) is 0 Å². The topological polar surface area (TPSA) is 55.6 Å². The van der Waals surface area contributed by atoms with Crippen LogP contribution in [0.3, 0.4) is 0 Å². The summed E-state index contributed by atoms with van der Waals surface area (Å²) >= 11 is 0. The second-order valence-corrected chi connectivity index (χ2v) is 6.05. The number of rotatable bonds is 2. The van der Waals surface area contributed by atoms with Crippen molar-refractivity contribution in [2.45, 2.75) is 51.7 Å². The number of ether oxygens (including phenoxy) is 1. The van der Waals surface area contributed by atoms with Crippen LogP contribution in [0.25, 0.3) is 0 Å². The molecule has 0 radical (unpaired) electrons. The first-order valence-electron chi connectivity index (χ1n) is 6.66. The zero-order valence-electron chi connectivity index (χ0n) is 10.9. The molecule has 1 amide bonds. The van der Waals surface area contributed by atoms with Gasteiger partial charge in [0, 0.05) is 19.6 Å². The Morgan fingerprint density at radius 3 is 2.53 bits per heavy atom. The van der Waals surface area contributed by atoms with E-state index in [1.54, 1.807) is 0 Å². The van der Waals surface area contributed by atoms with Crippen LogP contribution < -0.4 is 5.73 Å². The van der Waals surface area contributed by atoms with Crippen molar-refractivity contribution in [1.82, 2.24) is 4.90 Å². The average Bonchev–Trinajstić information content (AvgIpc) is 2.76. The molecule has 0 aromatic heterocycles. The fraction of sp³-hybridized carbons (Fsp3) is 0.923. The molecule has 2 atom stereocenters. The second-order valence-electron chi connectivity index (χ2n) is 6.05. The van der Waals surface area contributed by atoms with Crippen molar-refractivity contribution in [3.05, 3.63) is 0 Å². The third-order valence-electron chi connectivity index (χ3n) is 4.07. The SMILES string of the molecule is CC1(C)CCN(C(=O)C2CCC(CN)O2)CC1. The minimum atomic E-state index is -0.232. The number of amides is 1. The normalized spacial score (nSPS) is 32.8. The molecule has 0 bridgehead atoms. The predicted octanol–water partition coefficient (Wildman–Crippen LogP) is 1.14. The Labute approximate surface area is 103 Å². The Morgan fingerprint density at radius 1 is 1.35 bits per heavy atom. The van der Waals surface area contributed by atoms with Crippen LogP contribution >= 0.6 is 0 Å². The molecule has 0 aromatic carbocycles. The van der Waals surface area contributed by atoms with Crippen molar-refractivity contribution in [1.29, 1.82) is 0 Å². The fourth-order valence-corrected chi connectivity index (χ4v) is 2.60. The van der Waals surface area contributed by atoms with Gasteiger partial charge in [-0.05, 0) is 31.1 Å². The van der Waals surface area contributed by atoms with E-state index >= 15 is 0 Å². The van der Waals surface area contributed by atoms with Crippen LogP contribution in [0.1, 0.15) is 39.5 Å². The molecule has 2 saturated heterocycles. The summed E-state index contributed by atoms with van der Waals surface area (Å²) in [5.74, 6) is 0.177. The summed E-state index contributed by atoms with van der Waals surface area (Å²) in [4.78, 5) is 14.2. The molecule has 4 nitrogen and oxygen atoms in total. The number of nitrogens with two attached hydrogens (primary N) is 1. The Kier molecular flexibility index (Phi) is 3.73. The van der Waals surface area contributed by atoms with Crippen LogP contribution in [0.5, 0.6) is 0 Å². The highest BCUT2D eigenvalue weighted by atomic mass is 16.5. The maximum Gasteiger partial charge on any atom is 0.251 e. The minimum absolute atomic E-state index is 0.0881. The minimum Gasteiger partial charge on any atom is -0.364 e. The Balaban J connectivity index is 1.85. The first-order chi connectivity index (χ1) is 8.02. The number of carbonyl (C=O) groups excluding carboxylic acids is 1. The van der Waals surface area contributed by atoms with Gasteiger partial charge in [-0.25, -0.2) is 0 Å². The first-order valence-corrected chi connectivity index (χ1v) is 6.66. The molecule has 0 spiro atoms. The van der Waals surface area contributed by atoms with Crippen LogP contribution in [0.2, 0.25) is 0 Å². The van der Waals surface area contributed by atoms with Crippen LogP contribution in [-0.2, 0) is 9.53 Å². The summed E-state index contributed by atoms with van der Waals surface area (Å²) in [6.45, 7) is 6.81. The number of nitrogens with zero attached hydrogens (tertiary/aromatic N) is 1. The van der Waals surface area contributed by atoms with Gasteiger partial charge in [-0.2, -0.15) is 0 Å². The Morgan fingerprint density at radius 2 is 2.00 bits per heavy atom. The number of carbonyl (C=O) groups is 1. The Hall–Kier alpha value is -0.610. The summed E-state index contributed by atoms with van der Waals surface area (Å²) < 4.78 is 5.66. The lowest BCUT2D eigenvalue weighted by Crippen LogP contribution is -2.45. The van der Waals surface area contributed by atoms with Crippen LogP contribution in [0.4, 0.5) is 0 Å². The van der Waals surface area contributed by atoms with Gasteiger partial charge in [0.2, 0.25) is 0 Å². The van der Waals surface area contributed by atoms with Crippen LogP contribution in [-0.4, -0.2) is 42.6 Å². The predicted molar refractivity (Wildman–Crippen MR) is 66.5 cm³/mol. The molecule has 0 saturated carbocycles. The smallest absolute Gasteiger partial charge is 0.251 e. The summed E-state index contributed by atoms with van der Waals surface area (Å²) in [7, 11) is 0. The highest BCUT2D eigenvalue weighted by Crippen LogP contribution is 2.31. The van der Waals surface area contributed by atoms with E-state index < -0.39 is 0 Å². The maximum absolute atomic E-state index is 12.2. The molecule has 98 valence electrons. The van der Waals surface area contributed by atoms with Gasteiger partial charge in [0.25, 0.3) is 5.91 Å². The number of hydrogen-bond donors (Lipinski definition) is 1. The van der Waals surface area contributed by atoms with E-state index in [1.165, 1.54) is 0 Å². The lowest BCUT2D eigenvalue weighted by molar-refractivity contribution is -0.144. The second kappa shape index (κ2) is 4.94. The third-order valence-corrected chi connectivity index (χ3v) is 4.07. The molecule has 2 aliphatic heterocycles. The summed E-state index contributed by atoms with van der Waals surface area (Å²) in [5, 5.41) is 0. The summed E-state index contributed by atoms with van der Waals surface area (Å²) in [6.07, 6.45) is 3.79. The van der Waals surface area contributed by atoms with E-state index in [4.69, 9.17) is 10.5 Å². The molecule has 0 aromatic rings. The molecule has 17 heavy (non-hydrogen) atoms. The monoisotopic (exact) mass is 240 g/mol. The van der Waals surface area contributed by atoms with Crippen molar-refractivity contribution in [3.8, 4) is 0 Å². The molecule has 2 rings (SSSR count). The lowest BCUT2D eigenvalue weighted by atomic mass is 9.82. The zero-order valence-corrected chi connectivity index (χ0v) is 10.9. The van der Waals surface area contributed by atoms with Crippen LogP contribution in [0, 0.1) is 5.41 Å². The molecule has 0 aliphatic carbocycles. The quantitative estimate of drug-likeness (QED) is 0.787. The summed E-state index contributed by atoms with van der Waals surface area (Å²) in [6, 6.07) is 0. The largest absolute Gasteiger partial charge is 0.364 e. The lowest BCUT2D eigenvalue weighted by Gasteiger charge is -2.37. The molecular weight excluding hydrogens is 216 g/mol. The molecule has 2 heterocycles. The highest BCUT2D eigenvalue weighted by Gasteiger charge is 2.35. The van der Waals surface area contributed by atoms with E-state index in [0.717, 1.165) is 38.8 Å². The highest BCUT2D eigenvalue weighted by molar-refractivity contribution is 5.81. The van der Waals surface area contributed by atoms with Crippen molar-refractivity contribution >= 4 is 5.91 Å². The van der Waals surface area contributed by atoms with E-state index in [1.807, 2.05) is 4.90 Å². The molecule has 2 unspecified atom stereocenters. The van der Waals surface area contributed by atoms with Gasteiger partial charge in [0.1, 0.15) is 6.10 Å². The standard InChI is InChI=1S/C13H24N2O2/c1-13(2)5-7-15(8-6-13)12(16)11-4-3-10(9-14)17-11/h10-11H,3-9,14H2,1-2H3. The van der Waals surface area contributed by atoms with Crippen molar-refractivity contribution in [2.24, 2.45) is 11.1 Å². The average molecular weight is 240 g/mol. The third kappa shape index (κ3) is 2.99. The van der Waals surface area contributed by atoms with Crippen molar-refractivity contribution in [3.63, 3.8) is 0 Å². The van der Waals surface area contributed by atoms with Crippen molar-refractivity contribution < 1.29 is 9.53 Å². The zero-order chi connectivity index (χ0) is 12.5. The van der Waals surface area contributed by atoms with Gasteiger partial charge in [-0.15, -0.1) is 0 Å². The summed E-state index contributed by atoms with van der Waals surface area (Å²) in [5.41, 5.74) is 5.94.